The van der Waals surface area contributed by atoms with Gasteiger partial charge in [0.15, 0.2) is 10.0 Å². The molecule has 4 nitrogen and oxygen atoms in total. The van der Waals surface area contributed by atoms with Crippen LogP contribution in [0.25, 0.3) is 32.2 Å². The number of benzene rings is 2. The highest BCUT2D eigenvalue weighted by atomic mass is 32.1. The summed E-state index contributed by atoms with van der Waals surface area (Å²) >= 11 is 1.35. The molecule has 2 aromatic heterocycles. The Morgan fingerprint density at radius 1 is 1.04 bits per heavy atom. The van der Waals surface area contributed by atoms with Crippen LogP contribution < -0.4 is 4.74 Å². The van der Waals surface area contributed by atoms with Crippen LogP contribution in [0.4, 0.5) is 4.39 Å². The zero-order valence-corrected chi connectivity index (χ0v) is 13.0. The number of hydrogen-bond donors (Lipinski definition) is 1. The van der Waals surface area contributed by atoms with Crippen molar-refractivity contribution in [2.24, 2.45) is 0 Å². The molecule has 0 saturated heterocycles. The lowest BCUT2D eigenvalue weighted by Gasteiger charge is -1.97. The summed E-state index contributed by atoms with van der Waals surface area (Å²) in [6.45, 7) is 0. The van der Waals surface area contributed by atoms with Crippen LogP contribution in [-0.4, -0.2) is 22.3 Å². The van der Waals surface area contributed by atoms with Crippen molar-refractivity contribution in [2.45, 2.75) is 0 Å². The Morgan fingerprint density at radius 2 is 1.87 bits per heavy atom. The Hall–Kier alpha value is -2.73. The first-order valence-electron chi connectivity index (χ1n) is 7.00. The molecule has 114 valence electrons. The van der Waals surface area contributed by atoms with Crippen molar-refractivity contribution in [3.05, 3.63) is 54.3 Å². The topological polar surface area (TPSA) is 50.8 Å². The first kappa shape index (κ1) is 13.9. The third kappa shape index (κ3) is 2.47. The molecular formula is C17H12FN3OS. The molecule has 0 aliphatic heterocycles. The third-order valence-electron chi connectivity index (χ3n) is 3.59. The quantitative estimate of drug-likeness (QED) is 0.603. The number of nitrogens with one attached hydrogen (secondary N) is 1. The summed E-state index contributed by atoms with van der Waals surface area (Å²) in [5, 5.41) is 10.6. The van der Waals surface area contributed by atoms with Crippen LogP contribution in [0.3, 0.4) is 0 Å². The number of aromatic amines is 1. The van der Waals surface area contributed by atoms with Crippen LogP contribution in [0.1, 0.15) is 0 Å². The Labute approximate surface area is 135 Å². The average molecular weight is 325 g/mol. The van der Waals surface area contributed by atoms with E-state index >= 15 is 0 Å². The molecule has 0 bridgehead atoms. The molecule has 0 saturated carbocycles. The molecular weight excluding hydrogens is 313 g/mol. The van der Waals surface area contributed by atoms with Gasteiger partial charge in [-0.3, -0.25) is 0 Å². The minimum atomic E-state index is -0.295. The van der Waals surface area contributed by atoms with E-state index < -0.39 is 0 Å². The molecule has 0 atom stereocenters. The van der Waals surface area contributed by atoms with Gasteiger partial charge in [-0.2, -0.15) is 0 Å². The maximum absolute atomic E-state index is 13.9. The van der Waals surface area contributed by atoms with Crippen LogP contribution in [0, 0.1) is 5.82 Å². The molecule has 0 radical (unpaired) electrons. The van der Waals surface area contributed by atoms with Gasteiger partial charge in [0.1, 0.15) is 11.6 Å². The number of rotatable bonds is 3. The van der Waals surface area contributed by atoms with Gasteiger partial charge in [-0.25, -0.2) is 4.39 Å². The molecule has 0 fully saturated rings. The number of fused-ring (bicyclic) bond motifs is 1. The zero-order chi connectivity index (χ0) is 15.8. The molecule has 0 unspecified atom stereocenters. The van der Waals surface area contributed by atoms with Crippen molar-refractivity contribution >= 4 is 22.2 Å². The molecule has 0 aliphatic carbocycles. The molecule has 4 aromatic rings. The second-order valence-corrected chi connectivity index (χ2v) is 6.01. The fraction of sp³-hybridized carbons (Fsp3) is 0.0588. The van der Waals surface area contributed by atoms with Crippen LogP contribution in [0.15, 0.2) is 48.5 Å². The van der Waals surface area contributed by atoms with Crippen molar-refractivity contribution in [2.75, 3.05) is 7.11 Å². The van der Waals surface area contributed by atoms with E-state index in [1.165, 1.54) is 17.4 Å². The van der Waals surface area contributed by atoms with Crippen LogP contribution in [-0.2, 0) is 0 Å². The van der Waals surface area contributed by atoms with Gasteiger partial charge >= 0.3 is 0 Å². The fourth-order valence-corrected chi connectivity index (χ4v) is 3.27. The third-order valence-corrected chi connectivity index (χ3v) is 4.58. The lowest BCUT2D eigenvalue weighted by molar-refractivity contribution is 0.415. The van der Waals surface area contributed by atoms with Gasteiger partial charge in [0, 0.05) is 16.5 Å². The zero-order valence-electron chi connectivity index (χ0n) is 12.2. The summed E-state index contributed by atoms with van der Waals surface area (Å²) in [7, 11) is 1.64. The van der Waals surface area contributed by atoms with Gasteiger partial charge in [-0.05, 0) is 36.4 Å². The summed E-state index contributed by atoms with van der Waals surface area (Å²) in [6, 6.07) is 14.4. The van der Waals surface area contributed by atoms with Gasteiger partial charge in [0.2, 0.25) is 0 Å². The minimum Gasteiger partial charge on any atom is -0.497 e. The van der Waals surface area contributed by atoms with Crippen LogP contribution in [0.5, 0.6) is 5.75 Å². The lowest BCUT2D eigenvalue weighted by atomic mass is 10.2. The first-order valence-corrected chi connectivity index (χ1v) is 7.82. The molecule has 0 spiro atoms. The molecule has 2 heterocycles. The molecule has 0 aliphatic rings. The first-order chi connectivity index (χ1) is 11.2. The van der Waals surface area contributed by atoms with Gasteiger partial charge in [0.05, 0.1) is 12.8 Å². The van der Waals surface area contributed by atoms with E-state index in [4.69, 9.17) is 4.74 Å². The van der Waals surface area contributed by atoms with Crippen molar-refractivity contribution in [1.29, 1.82) is 0 Å². The number of aromatic nitrogens is 3. The van der Waals surface area contributed by atoms with Crippen molar-refractivity contribution in [1.82, 2.24) is 15.2 Å². The number of ether oxygens (including phenoxy) is 1. The highest BCUT2D eigenvalue weighted by Crippen LogP contribution is 2.33. The minimum absolute atomic E-state index is 0.295. The van der Waals surface area contributed by atoms with E-state index in [2.05, 4.69) is 15.2 Å². The maximum Gasteiger partial charge on any atom is 0.164 e. The van der Waals surface area contributed by atoms with Gasteiger partial charge in [0.25, 0.3) is 0 Å². The summed E-state index contributed by atoms with van der Waals surface area (Å²) in [6.07, 6.45) is 0. The molecule has 1 N–H and O–H groups in total. The Morgan fingerprint density at radius 3 is 2.70 bits per heavy atom. The maximum atomic E-state index is 13.9. The van der Waals surface area contributed by atoms with E-state index in [0.717, 1.165) is 27.4 Å². The SMILES string of the molecule is COc1ccc2[nH]c(-c3nnc(-c4ccccc4F)s3)cc2c1. The van der Waals surface area contributed by atoms with Gasteiger partial charge in [-0.1, -0.05) is 23.5 Å². The largest absolute Gasteiger partial charge is 0.497 e. The normalized spacial score (nSPS) is 11.0. The summed E-state index contributed by atoms with van der Waals surface area (Å²) in [5.74, 6) is 0.504. The standard InChI is InChI=1S/C17H12FN3OS/c1-22-11-6-7-14-10(8-11)9-15(19-14)17-21-20-16(23-17)12-4-2-3-5-13(12)18/h2-9,19H,1H3. The van der Waals surface area contributed by atoms with Gasteiger partial charge in [-0.15, -0.1) is 10.2 Å². The second-order valence-electron chi connectivity index (χ2n) is 5.03. The van der Waals surface area contributed by atoms with E-state index in [9.17, 15) is 4.39 Å². The molecule has 2 aromatic carbocycles. The van der Waals surface area contributed by atoms with Crippen molar-refractivity contribution in [3.63, 3.8) is 0 Å². The smallest absolute Gasteiger partial charge is 0.164 e. The van der Waals surface area contributed by atoms with E-state index in [-0.39, 0.29) is 5.82 Å². The Balaban J connectivity index is 1.75. The predicted molar refractivity (Wildman–Crippen MR) is 89.1 cm³/mol. The molecule has 4 rings (SSSR count). The number of hydrogen-bond acceptors (Lipinski definition) is 4. The summed E-state index contributed by atoms with van der Waals surface area (Å²) < 4.78 is 19.1. The Bertz CT molecular complexity index is 992. The average Bonchev–Trinajstić information content (AvgIpc) is 3.21. The van der Waals surface area contributed by atoms with E-state index in [0.29, 0.717) is 10.6 Å². The monoisotopic (exact) mass is 325 g/mol. The van der Waals surface area contributed by atoms with Crippen molar-refractivity contribution in [3.8, 4) is 27.0 Å². The number of halogens is 1. The number of H-pyrrole nitrogens is 1. The number of methoxy groups -OCH3 is 1. The van der Waals surface area contributed by atoms with Gasteiger partial charge < -0.3 is 9.72 Å². The molecule has 6 heteroatoms. The van der Waals surface area contributed by atoms with Crippen molar-refractivity contribution < 1.29 is 9.13 Å². The second kappa shape index (κ2) is 5.48. The molecule has 23 heavy (non-hydrogen) atoms. The lowest BCUT2D eigenvalue weighted by Crippen LogP contribution is -1.82. The van der Waals surface area contributed by atoms with Crippen LogP contribution >= 0.6 is 11.3 Å². The number of nitrogens with zero attached hydrogens (tertiary/aromatic N) is 2. The fourth-order valence-electron chi connectivity index (χ4n) is 2.43. The summed E-state index contributed by atoms with van der Waals surface area (Å²) in [5.41, 5.74) is 2.31. The highest BCUT2D eigenvalue weighted by Gasteiger charge is 2.13. The Kier molecular flexibility index (Phi) is 3.31. The van der Waals surface area contributed by atoms with E-state index in [1.54, 1.807) is 25.3 Å². The van der Waals surface area contributed by atoms with E-state index in [1.807, 2.05) is 24.3 Å². The molecule has 0 amide bonds. The van der Waals surface area contributed by atoms with Crippen LogP contribution in [0.2, 0.25) is 0 Å². The predicted octanol–water partition coefficient (Wildman–Crippen LogP) is 4.50. The highest BCUT2D eigenvalue weighted by molar-refractivity contribution is 7.17. The summed E-state index contributed by atoms with van der Waals surface area (Å²) in [4.78, 5) is 3.30.